The predicted octanol–water partition coefficient (Wildman–Crippen LogP) is 0.935. The van der Waals surface area contributed by atoms with Crippen LogP contribution in [0.3, 0.4) is 0 Å². The van der Waals surface area contributed by atoms with Crippen molar-refractivity contribution in [3.63, 3.8) is 0 Å². The summed E-state index contributed by atoms with van der Waals surface area (Å²) in [6.45, 7) is 1.35. The third kappa shape index (κ3) is 3.72. The number of nitrogens with zero attached hydrogens (tertiary/aromatic N) is 1. The Kier molecular flexibility index (Phi) is 5.68. The van der Waals surface area contributed by atoms with Crippen molar-refractivity contribution in [2.24, 2.45) is 0 Å². The van der Waals surface area contributed by atoms with E-state index in [0.29, 0.717) is 32.2 Å². The van der Waals surface area contributed by atoms with Gasteiger partial charge in [0.2, 0.25) is 5.91 Å². The Morgan fingerprint density at radius 2 is 1.86 bits per heavy atom. The lowest BCUT2D eigenvalue weighted by Crippen LogP contribution is -2.49. The molecule has 2 rings (SSSR count). The van der Waals surface area contributed by atoms with Gasteiger partial charge in [-0.15, -0.1) is 0 Å². The predicted molar refractivity (Wildman–Crippen MR) is 81.7 cm³/mol. The highest BCUT2D eigenvalue weighted by Gasteiger charge is 2.35. The number of piperidine rings is 1. The number of amides is 1. The molecule has 1 aromatic carbocycles. The smallest absolute Gasteiger partial charge is 0.266 e. The maximum atomic E-state index is 12.8. The molecule has 1 aromatic rings. The third-order valence-corrected chi connectivity index (χ3v) is 5.55. The normalized spacial score (nSPS) is 16.2. The molecular formula is C15H20N2O4S. The van der Waals surface area contributed by atoms with Crippen molar-refractivity contribution < 1.29 is 18.0 Å². The van der Waals surface area contributed by atoms with Crippen LogP contribution in [0.5, 0.6) is 0 Å². The molecule has 7 heteroatoms. The Balaban J connectivity index is 2.34. The lowest BCUT2D eigenvalue weighted by atomic mass is 10.1. The third-order valence-electron chi connectivity index (χ3n) is 3.66. The summed E-state index contributed by atoms with van der Waals surface area (Å²) in [5, 5.41) is 3.15. The van der Waals surface area contributed by atoms with Crippen LogP contribution < -0.4 is 5.32 Å². The fourth-order valence-electron chi connectivity index (χ4n) is 2.57. The van der Waals surface area contributed by atoms with E-state index in [9.17, 15) is 18.0 Å². The summed E-state index contributed by atoms with van der Waals surface area (Å²) in [4.78, 5) is 23.0. The van der Waals surface area contributed by atoms with Crippen LogP contribution in [0.1, 0.15) is 25.7 Å². The topological polar surface area (TPSA) is 83.6 Å². The summed E-state index contributed by atoms with van der Waals surface area (Å²) in [5.41, 5.74) is 0. The number of nitrogens with one attached hydrogen (secondary N) is 1. The first-order chi connectivity index (χ1) is 10.6. The Hall–Kier alpha value is -1.73. The number of sulfonamides is 1. The first kappa shape index (κ1) is 16.6. The van der Waals surface area contributed by atoms with E-state index in [0.717, 1.165) is 4.31 Å². The van der Waals surface area contributed by atoms with E-state index in [1.54, 1.807) is 18.2 Å². The number of hydrogen-bond donors (Lipinski definition) is 1. The summed E-state index contributed by atoms with van der Waals surface area (Å²) in [5.74, 6) is -0.511. The van der Waals surface area contributed by atoms with Gasteiger partial charge in [0, 0.05) is 12.8 Å². The van der Waals surface area contributed by atoms with E-state index in [4.69, 9.17) is 0 Å². The van der Waals surface area contributed by atoms with E-state index in [-0.39, 0.29) is 23.8 Å². The number of rotatable bonds is 6. The van der Waals surface area contributed by atoms with Crippen molar-refractivity contribution in [3.05, 3.63) is 30.3 Å². The standard InChI is InChI=1S/C15H20N2O4S/c18-12-4-7-15(19)17(13-8-10-16-11-9-13)22(20,21)14-5-2-1-3-6-14/h1-3,5-6,12-13,16H,4,7-11H2. The fourth-order valence-corrected chi connectivity index (χ4v) is 4.26. The molecule has 1 fully saturated rings. The molecule has 0 aromatic heterocycles. The second kappa shape index (κ2) is 7.51. The van der Waals surface area contributed by atoms with E-state index < -0.39 is 15.9 Å². The van der Waals surface area contributed by atoms with Crippen molar-refractivity contribution in [2.45, 2.75) is 36.6 Å². The minimum atomic E-state index is -3.89. The number of carbonyl (C=O) groups is 2. The van der Waals surface area contributed by atoms with Crippen LogP contribution in [0.2, 0.25) is 0 Å². The molecule has 1 aliphatic rings. The molecule has 1 heterocycles. The molecule has 1 aliphatic heterocycles. The Morgan fingerprint density at radius 3 is 2.45 bits per heavy atom. The van der Waals surface area contributed by atoms with Gasteiger partial charge < -0.3 is 10.1 Å². The van der Waals surface area contributed by atoms with Crippen LogP contribution >= 0.6 is 0 Å². The molecule has 0 atom stereocenters. The average Bonchev–Trinajstić information content (AvgIpc) is 2.54. The summed E-state index contributed by atoms with van der Waals surface area (Å²) < 4.78 is 26.7. The van der Waals surface area contributed by atoms with Crippen LogP contribution in [0.15, 0.2) is 35.2 Å². The molecule has 0 saturated carbocycles. The van der Waals surface area contributed by atoms with Crippen molar-refractivity contribution in [1.82, 2.24) is 9.62 Å². The van der Waals surface area contributed by atoms with Gasteiger partial charge >= 0.3 is 0 Å². The van der Waals surface area contributed by atoms with Crippen LogP contribution in [0.25, 0.3) is 0 Å². The second-order valence-electron chi connectivity index (χ2n) is 5.19. The molecule has 0 unspecified atom stereocenters. The lowest BCUT2D eigenvalue weighted by molar-refractivity contribution is -0.129. The van der Waals surface area contributed by atoms with E-state index in [1.807, 2.05) is 0 Å². The van der Waals surface area contributed by atoms with Crippen LogP contribution in [-0.4, -0.2) is 44.0 Å². The molecule has 1 N–H and O–H groups in total. The van der Waals surface area contributed by atoms with Gasteiger partial charge in [-0.2, -0.15) is 0 Å². The fraction of sp³-hybridized carbons (Fsp3) is 0.467. The molecule has 0 bridgehead atoms. The zero-order valence-corrected chi connectivity index (χ0v) is 13.1. The zero-order chi connectivity index (χ0) is 16.0. The highest BCUT2D eigenvalue weighted by Crippen LogP contribution is 2.23. The molecule has 0 aliphatic carbocycles. The SMILES string of the molecule is O=CCCC(=O)N(C1CCNCC1)S(=O)(=O)c1ccccc1. The van der Waals surface area contributed by atoms with Crippen molar-refractivity contribution >= 4 is 22.2 Å². The van der Waals surface area contributed by atoms with Gasteiger partial charge in [-0.05, 0) is 38.1 Å². The Bertz CT molecular complexity index is 610. The molecule has 1 saturated heterocycles. The number of carbonyl (C=O) groups excluding carboxylic acids is 2. The first-order valence-corrected chi connectivity index (χ1v) is 8.78. The molecule has 1 amide bonds. The maximum absolute atomic E-state index is 12.8. The maximum Gasteiger partial charge on any atom is 0.266 e. The minimum Gasteiger partial charge on any atom is -0.317 e. The Labute approximate surface area is 130 Å². The highest BCUT2D eigenvalue weighted by atomic mass is 32.2. The average molecular weight is 324 g/mol. The summed E-state index contributed by atoms with van der Waals surface area (Å²) in [7, 11) is -3.89. The lowest BCUT2D eigenvalue weighted by Gasteiger charge is -2.33. The molecular weight excluding hydrogens is 304 g/mol. The van der Waals surface area contributed by atoms with Gasteiger partial charge in [0.05, 0.1) is 10.9 Å². The van der Waals surface area contributed by atoms with Crippen molar-refractivity contribution in [3.8, 4) is 0 Å². The van der Waals surface area contributed by atoms with Crippen LogP contribution in [0.4, 0.5) is 0 Å². The molecule has 0 spiro atoms. The van der Waals surface area contributed by atoms with Crippen LogP contribution in [-0.2, 0) is 19.6 Å². The molecule has 0 radical (unpaired) electrons. The number of aldehydes is 1. The van der Waals surface area contributed by atoms with Gasteiger partial charge in [-0.25, -0.2) is 12.7 Å². The van der Waals surface area contributed by atoms with Gasteiger partial charge in [-0.3, -0.25) is 4.79 Å². The van der Waals surface area contributed by atoms with Gasteiger partial charge in [0.1, 0.15) is 6.29 Å². The van der Waals surface area contributed by atoms with Crippen LogP contribution in [0, 0.1) is 0 Å². The van der Waals surface area contributed by atoms with E-state index >= 15 is 0 Å². The number of benzene rings is 1. The second-order valence-corrected chi connectivity index (χ2v) is 7.01. The van der Waals surface area contributed by atoms with E-state index in [1.165, 1.54) is 12.1 Å². The monoisotopic (exact) mass is 324 g/mol. The number of hydrogen-bond acceptors (Lipinski definition) is 5. The quantitative estimate of drug-likeness (QED) is 0.787. The van der Waals surface area contributed by atoms with Gasteiger partial charge in [0.25, 0.3) is 10.0 Å². The van der Waals surface area contributed by atoms with Crippen molar-refractivity contribution in [1.29, 1.82) is 0 Å². The zero-order valence-electron chi connectivity index (χ0n) is 12.3. The van der Waals surface area contributed by atoms with Gasteiger partial charge in [0.15, 0.2) is 0 Å². The Morgan fingerprint density at radius 1 is 1.23 bits per heavy atom. The summed E-state index contributed by atoms with van der Waals surface area (Å²) in [6.07, 6.45) is 1.75. The summed E-state index contributed by atoms with van der Waals surface area (Å²) in [6, 6.07) is 7.59. The van der Waals surface area contributed by atoms with Gasteiger partial charge in [-0.1, -0.05) is 18.2 Å². The minimum absolute atomic E-state index is 0.0324. The molecule has 120 valence electrons. The largest absolute Gasteiger partial charge is 0.317 e. The van der Waals surface area contributed by atoms with Crippen molar-refractivity contribution in [2.75, 3.05) is 13.1 Å². The first-order valence-electron chi connectivity index (χ1n) is 7.34. The molecule has 6 nitrogen and oxygen atoms in total. The van der Waals surface area contributed by atoms with E-state index in [2.05, 4.69) is 5.32 Å². The highest BCUT2D eigenvalue weighted by molar-refractivity contribution is 7.89. The summed E-state index contributed by atoms with van der Waals surface area (Å²) >= 11 is 0. The molecule has 22 heavy (non-hydrogen) atoms.